The van der Waals surface area contributed by atoms with Gasteiger partial charge in [0.15, 0.2) is 0 Å². The SMILES string of the molecule is Cc1cc(C)c(S(=O)(=O)N(CCc2ccccc2)CC(=O)N[C@@H](C)c2ccccc2)c(C)c1. The normalized spacial score (nSPS) is 12.5. The van der Waals surface area contributed by atoms with Crippen LogP contribution in [0.15, 0.2) is 77.7 Å². The Labute approximate surface area is 197 Å². The first-order valence-electron chi connectivity index (χ1n) is 11.1. The van der Waals surface area contributed by atoms with Crippen molar-refractivity contribution in [3.05, 3.63) is 101 Å². The van der Waals surface area contributed by atoms with Crippen LogP contribution in [0, 0.1) is 20.8 Å². The lowest BCUT2D eigenvalue weighted by molar-refractivity contribution is -0.121. The lowest BCUT2D eigenvalue weighted by atomic mass is 10.1. The molecule has 6 heteroatoms. The van der Waals surface area contributed by atoms with E-state index in [-0.39, 0.29) is 29.9 Å². The minimum Gasteiger partial charge on any atom is -0.348 e. The van der Waals surface area contributed by atoms with Crippen LogP contribution in [0.3, 0.4) is 0 Å². The third kappa shape index (κ3) is 6.30. The van der Waals surface area contributed by atoms with Gasteiger partial charge in [0.1, 0.15) is 0 Å². The molecule has 0 spiro atoms. The van der Waals surface area contributed by atoms with Crippen LogP contribution in [0.4, 0.5) is 0 Å². The molecule has 0 unspecified atom stereocenters. The summed E-state index contributed by atoms with van der Waals surface area (Å²) in [5, 5.41) is 2.94. The van der Waals surface area contributed by atoms with Crippen molar-refractivity contribution in [1.82, 2.24) is 9.62 Å². The highest BCUT2D eigenvalue weighted by molar-refractivity contribution is 7.89. The molecule has 0 radical (unpaired) electrons. The van der Waals surface area contributed by atoms with E-state index in [0.717, 1.165) is 16.7 Å². The molecule has 0 saturated heterocycles. The van der Waals surface area contributed by atoms with Gasteiger partial charge in [0.2, 0.25) is 15.9 Å². The first-order valence-corrected chi connectivity index (χ1v) is 12.6. The predicted molar refractivity (Wildman–Crippen MR) is 133 cm³/mol. The van der Waals surface area contributed by atoms with Gasteiger partial charge in [-0.15, -0.1) is 0 Å². The number of rotatable bonds is 9. The highest BCUT2D eigenvalue weighted by Gasteiger charge is 2.30. The van der Waals surface area contributed by atoms with Gasteiger partial charge in [-0.05, 0) is 56.4 Å². The molecule has 0 aliphatic heterocycles. The van der Waals surface area contributed by atoms with Gasteiger partial charge in [0, 0.05) is 6.54 Å². The van der Waals surface area contributed by atoms with Crippen LogP contribution in [0.25, 0.3) is 0 Å². The summed E-state index contributed by atoms with van der Waals surface area (Å²) in [5.74, 6) is -0.328. The fraction of sp³-hybridized carbons (Fsp3) is 0.296. The number of amides is 1. The zero-order chi connectivity index (χ0) is 24.0. The van der Waals surface area contributed by atoms with Crippen LogP contribution in [0.1, 0.15) is 40.8 Å². The summed E-state index contributed by atoms with van der Waals surface area (Å²) < 4.78 is 28.8. The van der Waals surface area contributed by atoms with Crippen LogP contribution in [-0.2, 0) is 21.2 Å². The fourth-order valence-corrected chi connectivity index (χ4v) is 5.97. The summed E-state index contributed by atoms with van der Waals surface area (Å²) >= 11 is 0. The molecular weight excluding hydrogens is 432 g/mol. The maximum absolute atomic E-state index is 13.7. The maximum Gasteiger partial charge on any atom is 0.244 e. The van der Waals surface area contributed by atoms with Crippen molar-refractivity contribution < 1.29 is 13.2 Å². The second-order valence-corrected chi connectivity index (χ2v) is 10.4. The van der Waals surface area contributed by atoms with E-state index in [1.165, 1.54) is 4.31 Å². The molecule has 0 heterocycles. The number of benzene rings is 3. The minimum atomic E-state index is -3.87. The van der Waals surface area contributed by atoms with Gasteiger partial charge in [-0.3, -0.25) is 4.79 Å². The molecule has 0 saturated carbocycles. The first-order chi connectivity index (χ1) is 15.7. The summed E-state index contributed by atoms with van der Waals surface area (Å²) in [6.07, 6.45) is 0.519. The largest absolute Gasteiger partial charge is 0.348 e. The van der Waals surface area contributed by atoms with Crippen molar-refractivity contribution in [2.24, 2.45) is 0 Å². The number of aryl methyl sites for hydroxylation is 3. The average molecular weight is 465 g/mol. The molecule has 3 aromatic carbocycles. The van der Waals surface area contributed by atoms with Gasteiger partial charge in [-0.25, -0.2) is 8.42 Å². The zero-order valence-electron chi connectivity index (χ0n) is 19.7. The third-order valence-corrected chi connectivity index (χ3v) is 7.84. The summed E-state index contributed by atoms with van der Waals surface area (Å²) in [7, 11) is -3.87. The smallest absolute Gasteiger partial charge is 0.244 e. The van der Waals surface area contributed by atoms with Crippen molar-refractivity contribution in [1.29, 1.82) is 0 Å². The van der Waals surface area contributed by atoms with Crippen LogP contribution in [0.2, 0.25) is 0 Å². The van der Waals surface area contributed by atoms with Crippen LogP contribution in [-0.4, -0.2) is 31.7 Å². The van der Waals surface area contributed by atoms with Crippen LogP contribution < -0.4 is 5.32 Å². The van der Waals surface area contributed by atoms with Gasteiger partial charge in [-0.2, -0.15) is 4.31 Å². The van der Waals surface area contributed by atoms with Crippen LogP contribution in [0.5, 0.6) is 0 Å². The molecule has 0 bridgehead atoms. The first kappa shape index (κ1) is 24.7. The highest BCUT2D eigenvalue weighted by Crippen LogP contribution is 2.25. The molecule has 1 N–H and O–H groups in total. The molecule has 0 fully saturated rings. The number of sulfonamides is 1. The van der Waals surface area contributed by atoms with Gasteiger partial charge in [0.05, 0.1) is 17.5 Å². The van der Waals surface area contributed by atoms with E-state index in [9.17, 15) is 13.2 Å². The molecule has 3 aromatic rings. The number of hydrogen-bond donors (Lipinski definition) is 1. The van der Waals surface area contributed by atoms with Gasteiger partial charge >= 0.3 is 0 Å². The fourth-order valence-electron chi connectivity index (χ4n) is 4.16. The Kier molecular flexibility index (Phi) is 8.06. The van der Waals surface area contributed by atoms with Crippen molar-refractivity contribution in [3.63, 3.8) is 0 Å². The Bertz CT molecular complexity index is 1170. The van der Waals surface area contributed by atoms with E-state index >= 15 is 0 Å². The van der Waals surface area contributed by atoms with Gasteiger partial charge in [-0.1, -0.05) is 78.4 Å². The second-order valence-electron chi connectivity index (χ2n) is 8.50. The molecule has 1 atom stereocenters. The molecule has 0 aliphatic rings. The molecule has 1 amide bonds. The molecule has 0 aliphatic carbocycles. The van der Waals surface area contributed by atoms with E-state index in [2.05, 4.69) is 5.32 Å². The predicted octanol–water partition coefficient (Wildman–Crippen LogP) is 4.72. The summed E-state index contributed by atoms with van der Waals surface area (Å²) in [5.41, 5.74) is 4.38. The quantitative estimate of drug-likeness (QED) is 0.498. The van der Waals surface area contributed by atoms with Crippen LogP contribution >= 0.6 is 0 Å². The summed E-state index contributed by atoms with van der Waals surface area (Å²) in [6.45, 7) is 7.43. The Morgan fingerprint density at radius 2 is 1.45 bits per heavy atom. The Balaban J connectivity index is 1.86. The number of nitrogens with zero attached hydrogens (tertiary/aromatic N) is 1. The van der Waals surface area contributed by atoms with Crippen molar-refractivity contribution in [2.75, 3.05) is 13.1 Å². The Morgan fingerprint density at radius 3 is 2.03 bits per heavy atom. The van der Waals surface area contributed by atoms with E-state index in [0.29, 0.717) is 17.5 Å². The second kappa shape index (κ2) is 10.8. The number of carbonyl (C=O) groups is 1. The number of carbonyl (C=O) groups excluding carboxylic acids is 1. The van der Waals surface area contributed by atoms with E-state index in [4.69, 9.17) is 0 Å². The van der Waals surface area contributed by atoms with Crippen molar-refractivity contribution in [3.8, 4) is 0 Å². The monoisotopic (exact) mass is 464 g/mol. The summed E-state index contributed by atoms with van der Waals surface area (Å²) in [6, 6.07) is 22.8. The molecule has 33 heavy (non-hydrogen) atoms. The van der Waals surface area contributed by atoms with Crippen molar-refractivity contribution >= 4 is 15.9 Å². The molecule has 174 valence electrons. The van der Waals surface area contributed by atoms with E-state index in [1.54, 1.807) is 13.8 Å². The lowest BCUT2D eigenvalue weighted by Gasteiger charge is -2.25. The minimum absolute atomic E-state index is 0.215. The highest BCUT2D eigenvalue weighted by atomic mass is 32.2. The topological polar surface area (TPSA) is 66.5 Å². The standard InChI is InChI=1S/C27H32N2O3S/c1-20-17-21(2)27(22(3)18-20)33(31,32)29(16-15-24-11-7-5-8-12-24)19-26(30)28-23(4)25-13-9-6-10-14-25/h5-14,17-18,23H,15-16,19H2,1-4H3,(H,28,30)/t23-/m0/s1. The average Bonchev–Trinajstić information content (AvgIpc) is 2.76. The third-order valence-electron chi connectivity index (χ3n) is 5.69. The Hall–Kier alpha value is -2.96. The van der Waals surface area contributed by atoms with E-state index in [1.807, 2.05) is 86.6 Å². The lowest BCUT2D eigenvalue weighted by Crippen LogP contribution is -2.42. The molecule has 0 aromatic heterocycles. The van der Waals surface area contributed by atoms with E-state index < -0.39 is 10.0 Å². The van der Waals surface area contributed by atoms with Gasteiger partial charge < -0.3 is 5.32 Å². The van der Waals surface area contributed by atoms with Gasteiger partial charge in [0.25, 0.3) is 0 Å². The zero-order valence-corrected chi connectivity index (χ0v) is 20.5. The summed E-state index contributed by atoms with van der Waals surface area (Å²) in [4.78, 5) is 13.2. The number of hydrogen-bond acceptors (Lipinski definition) is 3. The maximum atomic E-state index is 13.7. The molecular formula is C27H32N2O3S. The number of nitrogens with one attached hydrogen (secondary N) is 1. The molecule has 5 nitrogen and oxygen atoms in total. The molecule has 3 rings (SSSR count). The Morgan fingerprint density at radius 1 is 0.909 bits per heavy atom. The van der Waals surface area contributed by atoms with Crippen molar-refractivity contribution in [2.45, 2.75) is 45.1 Å².